The molecule has 1 aromatic heterocycles. The van der Waals surface area contributed by atoms with Crippen molar-refractivity contribution in [3.8, 4) is 17.4 Å². The van der Waals surface area contributed by atoms with Crippen LogP contribution in [-0.2, 0) is 4.79 Å². The molecule has 4 aromatic rings. The molecule has 0 aliphatic rings. The summed E-state index contributed by atoms with van der Waals surface area (Å²) < 4.78 is 11.0. The Kier molecular flexibility index (Phi) is 7.61. The number of nitrogens with one attached hydrogen (secondary N) is 1. The first-order valence-corrected chi connectivity index (χ1v) is 9.18. The topological polar surface area (TPSA) is 77.5 Å². The first-order chi connectivity index (χ1) is 14.7. The number of amides is 1. The molecule has 7 heteroatoms. The van der Waals surface area contributed by atoms with Gasteiger partial charge in [0, 0.05) is 53.7 Å². The number of hydrogen-bond acceptors (Lipinski definition) is 5. The van der Waals surface area contributed by atoms with Crippen LogP contribution in [0, 0.1) is 36.9 Å². The monoisotopic (exact) mass is 566 g/mol. The average molecular weight is 566 g/mol. The predicted molar refractivity (Wildman–Crippen MR) is 114 cm³/mol. The summed E-state index contributed by atoms with van der Waals surface area (Å²) in [6.07, 6.45) is 1.84. The molecular weight excluding hydrogens is 549 g/mol. The van der Waals surface area contributed by atoms with Crippen molar-refractivity contribution in [2.45, 2.75) is 0 Å². The summed E-state index contributed by atoms with van der Waals surface area (Å²) in [7, 11) is 1.52. The standard InChI is InChI=1S/C24H17N2O4.Tm/c1-29-24-20-8-4-2-6-16(20)14-21(26-24)23(28)25-18-10-12-19(13-11-18)30-22-9-5-3-7-17(22)15-27;/h2-14H,1H3,(H,25,28);/q-1;. The third-order valence-electron chi connectivity index (χ3n) is 4.47. The molecule has 0 saturated heterocycles. The number of rotatable bonds is 6. The minimum absolute atomic E-state index is 0. The minimum atomic E-state index is -0.353. The number of benzene rings is 3. The van der Waals surface area contributed by atoms with E-state index in [2.05, 4.69) is 10.3 Å². The molecule has 6 nitrogen and oxygen atoms in total. The molecule has 0 unspecified atom stereocenters. The Bertz CT molecular complexity index is 1230. The maximum Gasteiger partial charge on any atom is 0.274 e. The fourth-order valence-electron chi connectivity index (χ4n) is 3.01. The van der Waals surface area contributed by atoms with E-state index in [-0.39, 0.29) is 48.5 Å². The van der Waals surface area contributed by atoms with E-state index in [4.69, 9.17) is 9.47 Å². The number of hydrogen-bond donors (Lipinski definition) is 1. The van der Waals surface area contributed by atoms with E-state index in [0.717, 1.165) is 10.8 Å². The molecule has 0 aliphatic carbocycles. The zero-order valence-corrected chi connectivity index (χ0v) is 18.1. The van der Waals surface area contributed by atoms with E-state index in [1.165, 1.54) is 7.11 Å². The third kappa shape index (κ3) is 5.21. The van der Waals surface area contributed by atoms with Gasteiger partial charge in [-0.1, -0.05) is 30.3 Å². The van der Waals surface area contributed by atoms with Crippen molar-refractivity contribution in [1.29, 1.82) is 0 Å². The number of nitrogens with zero attached hydrogens (tertiary/aromatic N) is 1. The fraction of sp³-hybridized carbons (Fsp3) is 0.0417. The van der Waals surface area contributed by atoms with Crippen LogP contribution in [0.3, 0.4) is 0 Å². The van der Waals surface area contributed by atoms with Gasteiger partial charge in [-0.3, -0.25) is 4.79 Å². The Morgan fingerprint density at radius 3 is 2.42 bits per heavy atom. The van der Waals surface area contributed by atoms with Gasteiger partial charge in [0.05, 0.1) is 13.4 Å². The van der Waals surface area contributed by atoms with E-state index in [0.29, 0.717) is 28.6 Å². The van der Waals surface area contributed by atoms with Gasteiger partial charge in [-0.25, -0.2) is 4.98 Å². The maximum absolute atomic E-state index is 12.7. The van der Waals surface area contributed by atoms with Crippen LogP contribution >= 0.6 is 0 Å². The van der Waals surface area contributed by atoms with Crippen LogP contribution in [0.25, 0.3) is 10.8 Å². The van der Waals surface area contributed by atoms with Gasteiger partial charge in [-0.15, -0.1) is 11.6 Å². The van der Waals surface area contributed by atoms with Gasteiger partial charge in [0.25, 0.3) is 5.91 Å². The molecule has 161 valence electrons. The van der Waals surface area contributed by atoms with Crippen molar-refractivity contribution >= 4 is 28.7 Å². The van der Waals surface area contributed by atoms with Gasteiger partial charge < -0.3 is 19.6 Å². The Morgan fingerprint density at radius 2 is 1.68 bits per heavy atom. The number of pyridine rings is 1. The molecule has 0 spiro atoms. The first-order valence-electron chi connectivity index (χ1n) is 9.18. The summed E-state index contributed by atoms with van der Waals surface area (Å²) >= 11 is 0. The zero-order chi connectivity index (χ0) is 20.9. The number of para-hydroxylation sites is 1. The molecule has 4 rings (SSSR count). The van der Waals surface area contributed by atoms with Crippen LogP contribution < -0.4 is 14.8 Å². The molecule has 0 fully saturated rings. The number of ether oxygens (including phenoxy) is 2. The van der Waals surface area contributed by atoms with Gasteiger partial charge in [-0.05, 0) is 41.8 Å². The second-order valence-electron chi connectivity index (χ2n) is 6.42. The fourth-order valence-corrected chi connectivity index (χ4v) is 3.01. The average Bonchev–Trinajstić information content (AvgIpc) is 2.80. The zero-order valence-electron chi connectivity index (χ0n) is 16.4. The molecule has 0 aliphatic heterocycles. The van der Waals surface area contributed by atoms with Gasteiger partial charge >= 0.3 is 0 Å². The normalized spacial score (nSPS) is 10.1. The van der Waals surface area contributed by atoms with E-state index in [1.54, 1.807) is 54.6 Å². The Morgan fingerprint density at radius 1 is 0.968 bits per heavy atom. The molecule has 1 radical (unpaired) electrons. The van der Waals surface area contributed by atoms with Crippen molar-refractivity contribution < 1.29 is 55.9 Å². The molecule has 0 saturated carbocycles. The quantitative estimate of drug-likeness (QED) is 0.341. The van der Waals surface area contributed by atoms with Crippen LogP contribution in [0.2, 0.25) is 0 Å². The molecule has 1 N–H and O–H groups in total. The predicted octanol–water partition coefficient (Wildman–Crippen LogP) is 4.75. The molecule has 31 heavy (non-hydrogen) atoms. The number of carbonyl (C=O) groups is 1. The summed E-state index contributed by atoms with van der Waals surface area (Å²) in [4.78, 5) is 28.0. The van der Waals surface area contributed by atoms with Gasteiger partial charge in [0.2, 0.25) is 5.88 Å². The van der Waals surface area contributed by atoms with Crippen LogP contribution in [0.5, 0.6) is 17.4 Å². The van der Waals surface area contributed by atoms with Crippen LogP contribution in [-0.4, -0.2) is 24.3 Å². The Labute approximate surface area is 208 Å². The minimum Gasteiger partial charge on any atom is -0.516 e. The Balaban J connectivity index is 0.00000272. The van der Waals surface area contributed by atoms with E-state index >= 15 is 0 Å². The summed E-state index contributed by atoms with van der Waals surface area (Å²) in [6.45, 7) is 0. The molecular formula is C24H17N2O4Tm-. The summed E-state index contributed by atoms with van der Waals surface area (Å²) in [5, 5.41) is 4.52. The molecule has 0 bridgehead atoms. The number of carbonyl (C=O) groups excluding carboxylic acids is 2. The number of methoxy groups -OCH3 is 1. The number of aromatic nitrogens is 1. The summed E-state index contributed by atoms with van der Waals surface area (Å²) in [6, 6.07) is 22.9. The first kappa shape index (κ1) is 22.7. The molecule has 0 atom stereocenters. The molecule has 1 heterocycles. The molecule has 3 aromatic carbocycles. The van der Waals surface area contributed by atoms with Gasteiger partial charge in [0.15, 0.2) is 0 Å². The largest absolute Gasteiger partial charge is 0.516 e. The number of fused-ring (bicyclic) bond motifs is 1. The number of anilines is 1. The van der Waals surface area contributed by atoms with Crippen LogP contribution in [0.4, 0.5) is 5.69 Å². The molecule has 1 amide bonds. The maximum atomic E-state index is 12.7. The van der Waals surface area contributed by atoms with E-state index < -0.39 is 0 Å². The van der Waals surface area contributed by atoms with Crippen molar-refractivity contribution in [3.05, 3.63) is 90.1 Å². The van der Waals surface area contributed by atoms with Gasteiger partial charge in [0.1, 0.15) is 11.4 Å². The summed E-state index contributed by atoms with van der Waals surface area (Å²) in [5.74, 6) is 0.985. The smallest absolute Gasteiger partial charge is 0.274 e. The van der Waals surface area contributed by atoms with Crippen molar-refractivity contribution in [1.82, 2.24) is 4.98 Å². The van der Waals surface area contributed by atoms with Gasteiger partial charge in [-0.2, -0.15) is 6.07 Å². The van der Waals surface area contributed by atoms with E-state index in [9.17, 15) is 9.59 Å². The Hall–Kier alpha value is -2.96. The van der Waals surface area contributed by atoms with Crippen molar-refractivity contribution in [3.63, 3.8) is 0 Å². The summed E-state index contributed by atoms with van der Waals surface area (Å²) in [5.41, 5.74) is 1.17. The second kappa shape index (κ2) is 10.4. The van der Waals surface area contributed by atoms with Crippen LogP contribution in [0.15, 0.2) is 78.9 Å². The van der Waals surface area contributed by atoms with E-state index in [1.807, 2.05) is 30.6 Å². The van der Waals surface area contributed by atoms with Crippen LogP contribution in [0.1, 0.15) is 16.1 Å². The second-order valence-corrected chi connectivity index (χ2v) is 6.42. The SMILES string of the molecule is COc1nc(C(=O)Nc2ccc(Oc3ccccc3[C-]=O)cc2)cc2ccccc12.[Tm]. The van der Waals surface area contributed by atoms with Crippen molar-refractivity contribution in [2.24, 2.45) is 0 Å². The van der Waals surface area contributed by atoms with Crippen molar-refractivity contribution in [2.75, 3.05) is 12.4 Å². The third-order valence-corrected chi connectivity index (χ3v) is 4.47.